The molecule has 332 valence electrons. The van der Waals surface area contributed by atoms with Crippen molar-refractivity contribution in [3.05, 3.63) is 118 Å². The van der Waals surface area contributed by atoms with E-state index in [0.717, 1.165) is 24.3 Å². The molecule has 2 amide bonds. The number of anilines is 2. The Morgan fingerprint density at radius 3 is 1.10 bits per heavy atom. The number of piperazine rings is 2. The van der Waals surface area contributed by atoms with Crippen LogP contribution in [-0.4, -0.2) is 92.0 Å². The molecule has 2 fully saturated rings. The van der Waals surface area contributed by atoms with Crippen LogP contribution in [0.1, 0.15) is 96.3 Å². The average Bonchev–Trinajstić information content (AvgIpc) is 3.24. The maximum absolute atomic E-state index is 14.2. The Morgan fingerprint density at radius 2 is 0.806 bits per heavy atom. The highest BCUT2D eigenvalue weighted by molar-refractivity contribution is 5.99. The molecule has 0 N–H and O–H groups in total. The van der Waals surface area contributed by atoms with Crippen molar-refractivity contribution in [2.24, 2.45) is 0 Å². The smallest absolute Gasteiger partial charge is 0.416 e. The predicted molar refractivity (Wildman–Crippen MR) is 225 cm³/mol. The zero-order valence-corrected chi connectivity index (χ0v) is 35.6. The van der Waals surface area contributed by atoms with Gasteiger partial charge in [0, 0.05) is 75.6 Å². The quantitative estimate of drug-likeness (QED) is 0.131. The molecule has 2 aliphatic heterocycles. The largest absolute Gasteiger partial charge is 0.490 e. The van der Waals surface area contributed by atoms with Crippen LogP contribution in [0.4, 0.5) is 37.7 Å². The lowest BCUT2D eigenvalue weighted by Gasteiger charge is -2.36. The Balaban J connectivity index is 1.16. The van der Waals surface area contributed by atoms with Crippen LogP contribution in [0.2, 0.25) is 0 Å². The summed E-state index contributed by atoms with van der Waals surface area (Å²) in [5.41, 5.74) is 1.62. The number of halogens is 6. The molecule has 4 aromatic rings. The second kappa shape index (κ2) is 18.7. The standard InChI is InChI=1S/C47H52F6N4O5/c1-29(2)61-41-17-7-33(27-39(41)44(59)56-23-19-54(20-24-56)37-13-9-35(10-14-37)46(48,49)50)31(5)43(58)32(6)34-8-18-42(62-30(3)4)40(28-34)45(60)57-25-21-55(22-26-57)38-15-11-36(12-16-38)47(51,52)53/h7-18,27-32H,19-26H2,1-6H3. The van der Waals surface area contributed by atoms with Crippen molar-refractivity contribution < 1.29 is 50.2 Å². The van der Waals surface area contributed by atoms with E-state index in [1.54, 1.807) is 60.0 Å². The average molecular weight is 867 g/mol. The third kappa shape index (κ3) is 10.6. The van der Waals surface area contributed by atoms with E-state index in [2.05, 4.69) is 0 Å². The van der Waals surface area contributed by atoms with Gasteiger partial charge in [-0.2, -0.15) is 26.3 Å². The van der Waals surface area contributed by atoms with Crippen LogP contribution in [0.25, 0.3) is 0 Å². The van der Waals surface area contributed by atoms with E-state index in [1.807, 2.05) is 37.5 Å². The SMILES string of the molecule is CC(C)Oc1ccc(C(C)C(=O)C(C)c2ccc(OC(C)C)c(C(=O)N3CCN(c4ccc(C(F)(F)F)cc4)CC3)c2)cc1C(=O)N1CCN(c2ccc(C(F)(F)F)cc2)CC1. The first-order valence-corrected chi connectivity index (χ1v) is 20.8. The van der Waals surface area contributed by atoms with Crippen molar-refractivity contribution >= 4 is 29.0 Å². The van der Waals surface area contributed by atoms with Gasteiger partial charge in [-0.15, -0.1) is 0 Å². The summed E-state index contributed by atoms with van der Waals surface area (Å²) in [6, 6.07) is 20.2. The molecule has 0 saturated carbocycles. The fourth-order valence-electron chi connectivity index (χ4n) is 7.78. The highest BCUT2D eigenvalue weighted by Gasteiger charge is 2.33. The molecule has 0 aliphatic carbocycles. The molecule has 4 aromatic carbocycles. The van der Waals surface area contributed by atoms with Crippen molar-refractivity contribution in [1.29, 1.82) is 0 Å². The topological polar surface area (TPSA) is 82.6 Å². The third-order valence-electron chi connectivity index (χ3n) is 11.3. The lowest BCUT2D eigenvalue weighted by molar-refractivity contribution is -0.138. The number of ketones is 1. The summed E-state index contributed by atoms with van der Waals surface area (Å²) in [7, 11) is 0. The Morgan fingerprint density at radius 1 is 0.484 bits per heavy atom. The number of nitrogens with zero attached hydrogens (tertiary/aromatic N) is 4. The van der Waals surface area contributed by atoms with Gasteiger partial charge in [0.1, 0.15) is 17.3 Å². The van der Waals surface area contributed by atoms with Gasteiger partial charge in [0.05, 0.1) is 34.5 Å². The number of ether oxygens (including phenoxy) is 2. The molecule has 0 aromatic heterocycles. The molecule has 6 rings (SSSR count). The summed E-state index contributed by atoms with van der Waals surface area (Å²) in [5.74, 6) is -1.30. The molecule has 62 heavy (non-hydrogen) atoms. The van der Waals surface area contributed by atoms with Crippen LogP contribution < -0.4 is 19.3 Å². The van der Waals surface area contributed by atoms with Gasteiger partial charge in [-0.1, -0.05) is 26.0 Å². The minimum absolute atomic E-state index is 0.146. The van der Waals surface area contributed by atoms with E-state index in [9.17, 15) is 40.7 Å². The second-order valence-electron chi connectivity index (χ2n) is 16.3. The van der Waals surface area contributed by atoms with Crippen LogP contribution in [0.15, 0.2) is 84.9 Å². The monoisotopic (exact) mass is 866 g/mol. The molecule has 2 aliphatic rings. The Hall–Kier alpha value is -5.73. The molecule has 2 unspecified atom stereocenters. The molecular weight excluding hydrogens is 815 g/mol. The molecule has 2 saturated heterocycles. The number of rotatable bonds is 12. The van der Waals surface area contributed by atoms with Crippen LogP contribution in [-0.2, 0) is 17.1 Å². The van der Waals surface area contributed by atoms with E-state index in [-0.39, 0.29) is 29.8 Å². The van der Waals surface area contributed by atoms with Crippen molar-refractivity contribution in [2.45, 2.75) is 77.9 Å². The third-order valence-corrected chi connectivity index (χ3v) is 11.3. The van der Waals surface area contributed by atoms with Gasteiger partial charge in [0.2, 0.25) is 0 Å². The normalized spacial score (nSPS) is 16.1. The van der Waals surface area contributed by atoms with Crippen molar-refractivity contribution in [1.82, 2.24) is 9.80 Å². The minimum Gasteiger partial charge on any atom is -0.490 e. The highest BCUT2D eigenvalue weighted by atomic mass is 19.4. The van der Waals surface area contributed by atoms with Crippen LogP contribution in [0.3, 0.4) is 0 Å². The van der Waals surface area contributed by atoms with E-state index in [1.165, 1.54) is 24.3 Å². The lowest BCUT2D eigenvalue weighted by atomic mass is 9.84. The Bertz CT molecular complexity index is 2050. The number of hydrogen-bond donors (Lipinski definition) is 0. The minimum atomic E-state index is -4.43. The van der Waals surface area contributed by atoms with Gasteiger partial charge < -0.3 is 29.1 Å². The second-order valence-corrected chi connectivity index (χ2v) is 16.3. The number of alkyl halides is 6. The molecular formula is C47H52F6N4O5. The summed E-state index contributed by atoms with van der Waals surface area (Å²) < 4.78 is 90.8. The molecule has 15 heteroatoms. The summed E-state index contributed by atoms with van der Waals surface area (Å²) >= 11 is 0. The summed E-state index contributed by atoms with van der Waals surface area (Å²) in [6.45, 7) is 13.9. The Kier molecular flexibility index (Phi) is 13.8. The van der Waals surface area contributed by atoms with E-state index >= 15 is 0 Å². The summed E-state index contributed by atoms with van der Waals surface area (Å²) in [5, 5.41) is 0. The molecule has 0 radical (unpaired) electrons. The van der Waals surface area contributed by atoms with Gasteiger partial charge in [-0.25, -0.2) is 0 Å². The number of benzene rings is 4. The zero-order chi connectivity index (χ0) is 45.1. The molecule has 0 bridgehead atoms. The lowest BCUT2D eigenvalue weighted by Crippen LogP contribution is -2.49. The van der Waals surface area contributed by atoms with Crippen LogP contribution in [0.5, 0.6) is 11.5 Å². The zero-order valence-electron chi connectivity index (χ0n) is 35.6. The molecule has 2 atom stereocenters. The number of amides is 2. The van der Waals surface area contributed by atoms with Gasteiger partial charge in [0.25, 0.3) is 11.8 Å². The number of carbonyl (C=O) groups is 3. The molecule has 9 nitrogen and oxygen atoms in total. The maximum Gasteiger partial charge on any atom is 0.416 e. The van der Waals surface area contributed by atoms with E-state index in [4.69, 9.17) is 9.47 Å². The first-order chi connectivity index (χ1) is 29.2. The number of Topliss-reactive ketones (excluding diaryl/α,β-unsaturated/α-hetero) is 1. The fourth-order valence-corrected chi connectivity index (χ4v) is 7.78. The summed E-state index contributed by atoms with van der Waals surface area (Å²) in [4.78, 5) is 49.7. The molecule has 0 spiro atoms. The van der Waals surface area contributed by atoms with Gasteiger partial charge in [-0.3, -0.25) is 14.4 Å². The predicted octanol–water partition coefficient (Wildman–Crippen LogP) is 9.70. The van der Waals surface area contributed by atoms with Crippen molar-refractivity contribution in [3.8, 4) is 11.5 Å². The van der Waals surface area contributed by atoms with Crippen LogP contribution in [0, 0.1) is 0 Å². The van der Waals surface area contributed by atoms with Crippen molar-refractivity contribution in [2.75, 3.05) is 62.2 Å². The van der Waals surface area contributed by atoms with Crippen LogP contribution >= 0.6 is 0 Å². The van der Waals surface area contributed by atoms with Crippen molar-refractivity contribution in [3.63, 3.8) is 0 Å². The highest BCUT2D eigenvalue weighted by Crippen LogP contribution is 2.35. The first-order valence-electron chi connectivity index (χ1n) is 20.8. The fraction of sp³-hybridized carbons (Fsp3) is 0.426. The number of hydrogen-bond acceptors (Lipinski definition) is 7. The molecule has 2 heterocycles. The van der Waals surface area contributed by atoms with E-state index in [0.29, 0.717) is 97.5 Å². The van der Waals surface area contributed by atoms with Gasteiger partial charge in [-0.05, 0) is 112 Å². The number of carbonyl (C=O) groups excluding carboxylic acids is 3. The first kappa shape index (κ1) is 45.8. The maximum atomic E-state index is 14.2. The summed E-state index contributed by atoms with van der Waals surface area (Å²) in [6.07, 6.45) is -9.36. The van der Waals surface area contributed by atoms with Gasteiger partial charge in [0.15, 0.2) is 0 Å². The van der Waals surface area contributed by atoms with E-state index < -0.39 is 35.3 Å². The van der Waals surface area contributed by atoms with Gasteiger partial charge >= 0.3 is 12.4 Å². The Labute approximate surface area is 358 Å².